The molecule has 0 spiro atoms. The number of carbonyl (C=O) groups is 1. The molecule has 0 aromatic carbocycles. The Morgan fingerprint density at radius 1 is 1.56 bits per heavy atom. The van der Waals surface area contributed by atoms with Crippen molar-refractivity contribution < 1.29 is 9.90 Å². The fraction of sp³-hybridized carbons (Fsp3) is 0.692. The summed E-state index contributed by atoms with van der Waals surface area (Å²) >= 11 is 0. The molecule has 18 heavy (non-hydrogen) atoms. The van der Waals surface area contributed by atoms with Gasteiger partial charge >= 0.3 is 0 Å². The summed E-state index contributed by atoms with van der Waals surface area (Å²) < 4.78 is 0. The average Bonchev–Trinajstić information content (AvgIpc) is 2.89. The molecule has 3 N–H and O–H groups in total. The number of H-pyrrole nitrogens is 1. The molecule has 2 rings (SSSR count). The van der Waals surface area contributed by atoms with Crippen LogP contribution in [0.3, 0.4) is 0 Å². The van der Waals surface area contributed by atoms with Gasteiger partial charge in [0.1, 0.15) is 0 Å². The molecule has 0 saturated heterocycles. The molecule has 0 radical (unpaired) electrons. The van der Waals surface area contributed by atoms with Crippen molar-refractivity contribution in [1.82, 2.24) is 10.2 Å². The second kappa shape index (κ2) is 5.52. The van der Waals surface area contributed by atoms with E-state index < -0.39 is 5.60 Å². The van der Waals surface area contributed by atoms with Crippen LogP contribution in [0.15, 0.2) is 6.07 Å². The lowest BCUT2D eigenvalue weighted by atomic mass is 9.98. The summed E-state index contributed by atoms with van der Waals surface area (Å²) in [4.78, 5) is 11.8. The lowest BCUT2D eigenvalue weighted by Crippen LogP contribution is -2.30. The maximum absolute atomic E-state index is 11.8. The van der Waals surface area contributed by atoms with Crippen LogP contribution in [0.1, 0.15) is 51.1 Å². The number of carbonyl (C=O) groups excluding carboxylic acids is 1. The highest BCUT2D eigenvalue weighted by Crippen LogP contribution is 2.32. The highest BCUT2D eigenvalue weighted by Gasteiger charge is 2.33. The molecule has 1 fully saturated rings. The van der Waals surface area contributed by atoms with Crippen LogP contribution in [0.4, 0.5) is 5.82 Å². The minimum absolute atomic E-state index is 0.158. The quantitative estimate of drug-likeness (QED) is 0.749. The SMILES string of the molecule is CCCc1cc(NC(=O)CC2(O)CCCC2)n[nH]1. The first-order valence-electron chi connectivity index (χ1n) is 6.68. The average molecular weight is 251 g/mol. The van der Waals surface area contributed by atoms with E-state index in [9.17, 15) is 9.90 Å². The van der Waals surface area contributed by atoms with E-state index in [1.54, 1.807) is 0 Å². The molecule has 1 aliphatic carbocycles. The predicted octanol–water partition coefficient (Wildman–Crippen LogP) is 2.00. The van der Waals surface area contributed by atoms with Crippen molar-refractivity contribution >= 4 is 11.7 Å². The van der Waals surface area contributed by atoms with Crippen LogP contribution < -0.4 is 5.32 Å². The first kappa shape index (κ1) is 13.1. The highest BCUT2D eigenvalue weighted by atomic mass is 16.3. The molecule has 0 unspecified atom stereocenters. The predicted molar refractivity (Wildman–Crippen MR) is 69.2 cm³/mol. The molecular formula is C13H21N3O2. The Hall–Kier alpha value is -1.36. The van der Waals surface area contributed by atoms with E-state index in [4.69, 9.17) is 0 Å². The Kier molecular flexibility index (Phi) is 4.01. The maximum Gasteiger partial charge on any atom is 0.228 e. The number of anilines is 1. The Bertz CT molecular complexity index is 408. The van der Waals surface area contributed by atoms with Gasteiger partial charge in [0.25, 0.3) is 0 Å². The molecule has 1 aliphatic rings. The maximum atomic E-state index is 11.8. The first-order chi connectivity index (χ1) is 8.61. The van der Waals surface area contributed by atoms with Crippen molar-refractivity contribution in [2.45, 2.75) is 57.5 Å². The van der Waals surface area contributed by atoms with E-state index in [2.05, 4.69) is 22.4 Å². The van der Waals surface area contributed by atoms with Gasteiger partial charge in [-0.05, 0) is 19.3 Å². The summed E-state index contributed by atoms with van der Waals surface area (Å²) in [6, 6.07) is 1.85. The van der Waals surface area contributed by atoms with Gasteiger partial charge in [0, 0.05) is 11.8 Å². The van der Waals surface area contributed by atoms with Gasteiger partial charge in [-0.25, -0.2) is 0 Å². The van der Waals surface area contributed by atoms with Crippen molar-refractivity contribution in [2.75, 3.05) is 5.32 Å². The van der Waals surface area contributed by atoms with E-state index in [-0.39, 0.29) is 12.3 Å². The van der Waals surface area contributed by atoms with Gasteiger partial charge in [0.05, 0.1) is 12.0 Å². The molecule has 5 nitrogen and oxygen atoms in total. The van der Waals surface area contributed by atoms with E-state index in [0.29, 0.717) is 5.82 Å². The minimum Gasteiger partial charge on any atom is -0.389 e. The summed E-state index contributed by atoms with van der Waals surface area (Å²) in [7, 11) is 0. The van der Waals surface area contributed by atoms with Crippen molar-refractivity contribution in [3.8, 4) is 0 Å². The van der Waals surface area contributed by atoms with E-state index in [1.165, 1.54) is 0 Å². The number of hydrogen-bond acceptors (Lipinski definition) is 3. The summed E-state index contributed by atoms with van der Waals surface area (Å²) in [6.07, 6.45) is 5.59. The van der Waals surface area contributed by atoms with Crippen molar-refractivity contribution in [1.29, 1.82) is 0 Å². The second-order valence-corrected chi connectivity index (χ2v) is 5.18. The molecular weight excluding hydrogens is 230 g/mol. The summed E-state index contributed by atoms with van der Waals surface area (Å²) in [5, 5.41) is 19.8. The number of aryl methyl sites for hydroxylation is 1. The Balaban J connectivity index is 1.86. The van der Waals surface area contributed by atoms with Crippen LogP contribution >= 0.6 is 0 Å². The molecule has 100 valence electrons. The summed E-state index contributed by atoms with van der Waals surface area (Å²) in [6.45, 7) is 2.09. The minimum atomic E-state index is -0.799. The molecule has 0 aliphatic heterocycles. The van der Waals surface area contributed by atoms with Crippen molar-refractivity contribution in [3.05, 3.63) is 11.8 Å². The van der Waals surface area contributed by atoms with Gasteiger partial charge < -0.3 is 10.4 Å². The first-order valence-corrected chi connectivity index (χ1v) is 6.68. The molecule has 0 bridgehead atoms. The van der Waals surface area contributed by atoms with Crippen molar-refractivity contribution in [2.24, 2.45) is 0 Å². The molecule has 5 heteroatoms. The molecule has 1 heterocycles. The topological polar surface area (TPSA) is 78.0 Å². The Morgan fingerprint density at radius 3 is 2.94 bits per heavy atom. The number of amides is 1. The van der Waals surface area contributed by atoms with E-state index in [0.717, 1.165) is 44.2 Å². The normalized spacial score (nSPS) is 17.9. The fourth-order valence-electron chi connectivity index (χ4n) is 2.52. The molecule has 1 aromatic rings. The van der Waals surface area contributed by atoms with Crippen molar-refractivity contribution in [3.63, 3.8) is 0 Å². The third-order valence-corrected chi connectivity index (χ3v) is 3.44. The summed E-state index contributed by atoms with van der Waals surface area (Å²) in [5.41, 5.74) is 0.222. The Morgan fingerprint density at radius 2 is 2.28 bits per heavy atom. The van der Waals surface area contributed by atoms with E-state index >= 15 is 0 Å². The standard InChI is InChI=1S/C13H21N3O2/c1-2-5-10-8-11(16-15-10)14-12(17)9-13(18)6-3-4-7-13/h8,18H,2-7,9H2,1H3,(H2,14,15,16,17). The van der Waals surface area contributed by atoms with Crippen LogP contribution in [-0.2, 0) is 11.2 Å². The van der Waals surface area contributed by atoms with Crippen LogP contribution in [0, 0.1) is 0 Å². The number of nitrogens with zero attached hydrogens (tertiary/aromatic N) is 1. The van der Waals surface area contributed by atoms with Crippen LogP contribution in [0.5, 0.6) is 0 Å². The zero-order chi connectivity index (χ0) is 13.0. The zero-order valence-corrected chi connectivity index (χ0v) is 10.8. The van der Waals surface area contributed by atoms with Gasteiger partial charge in [0.2, 0.25) is 5.91 Å². The number of hydrogen-bond donors (Lipinski definition) is 3. The third kappa shape index (κ3) is 3.32. The number of aliphatic hydroxyl groups is 1. The lowest BCUT2D eigenvalue weighted by molar-refractivity contribution is -0.120. The lowest BCUT2D eigenvalue weighted by Gasteiger charge is -2.20. The summed E-state index contributed by atoms with van der Waals surface area (Å²) in [5.74, 6) is 0.388. The van der Waals surface area contributed by atoms with Gasteiger partial charge in [-0.2, -0.15) is 5.10 Å². The van der Waals surface area contributed by atoms with E-state index in [1.807, 2.05) is 6.07 Å². The number of aromatic nitrogens is 2. The third-order valence-electron chi connectivity index (χ3n) is 3.44. The van der Waals surface area contributed by atoms with Gasteiger partial charge in [0.15, 0.2) is 5.82 Å². The molecule has 1 saturated carbocycles. The Labute approximate surface area is 107 Å². The highest BCUT2D eigenvalue weighted by molar-refractivity contribution is 5.90. The van der Waals surface area contributed by atoms with Crippen LogP contribution in [-0.4, -0.2) is 26.8 Å². The van der Waals surface area contributed by atoms with Gasteiger partial charge in [-0.15, -0.1) is 0 Å². The van der Waals surface area contributed by atoms with Gasteiger partial charge in [-0.1, -0.05) is 26.2 Å². The second-order valence-electron chi connectivity index (χ2n) is 5.18. The fourth-order valence-corrected chi connectivity index (χ4v) is 2.52. The number of aromatic amines is 1. The monoisotopic (exact) mass is 251 g/mol. The molecule has 1 amide bonds. The smallest absolute Gasteiger partial charge is 0.228 e. The van der Waals surface area contributed by atoms with Crippen LogP contribution in [0.2, 0.25) is 0 Å². The number of rotatable bonds is 5. The molecule has 0 atom stereocenters. The molecule has 1 aromatic heterocycles. The largest absolute Gasteiger partial charge is 0.389 e. The van der Waals surface area contributed by atoms with Gasteiger partial charge in [-0.3, -0.25) is 9.89 Å². The van der Waals surface area contributed by atoms with Crippen LogP contribution in [0.25, 0.3) is 0 Å². The number of nitrogens with one attached hydrogen (secondary N) is 2. The zero-order valence-electron chi connectivity index (χ0n) is 10.8.